The fourth-order valence-electron chi connectivity index (χ4n) is 2.80. The first-order valence-corrected chi connectivity index (χ1v) is 9.24. The number of carbonyl (C=O) groups is 2. The van der Waals surface area contributed by atoms with Crippen LogP contribution >= 0.6 is 11.6 Å². The van der Waals surface area contributed by atoms with Gasteiger partial charge in [-0.05, 0) is 52.6 Å². The molecule has 1 aliphatic heterocycles. The van der Waals surface area contributed by atoms with Crippen LogP contribution in [0, 0.1) is 0 Å². The Kier molecular flexibility index (Phi) is 6.54. The van der Waals surface area contributed by atoms with Crippen molar-refractivity contribution in [1.29, 1.82) is 0 Å². The molecular formula is C20H28ClN3O3. The number of anilines is 1. The summed E-state index contributed by atoms with van der Waals surface area (Å²) in [5.41, 5.74) is 1.92. The first-order chi connectivity index (χ1) is 12.5. The third kappa shape index (κ3) is 5.47. The van der Waals surface area contributed by atoms with Gasteiger partial charge in [-0.15, -0.1) is 0 Å². The normalized spacial score (nSPS) is 14.0. The molecule has 0 fully saturated rings. The Morgan fingerprint density at radius 3 is 2.41 bits per heavy atom. The van der Waals surface area contributed by atoms with Crippen LogP contribution in [0.5, 0.6) is 0 Å². The molecule has 0 radical (unpaired) electrons. The molecule has 6 nitrogen and oxygen atoms in total. The van der Waals surface area contributed by atoms with Crippen molar-refractivity contribution in [3.05, 3.63) is 40.4 Å². The molecule has 0 N–H and O–H groups in total. The lowest BCUT2D eigenvalue weighted by molar-refractivity contribution is -0.113. The SMILES string of the molecule is CN(C)C/C=C/C(=O)N(C)c1ccc(Cl)c2c1CN(C(=O)OC(C)(C)C)C2. The van der Waals surface area contributed by atoms with E-state index >= 15 is 0 Å². The van der Waals surface area contributed by atoms with Crippen LogP contribution in [-0.2, 0) is 22.6 Å². The van der Waals surface area contributed by atoms with E-state index in [-0.39, 0.29) is 12.0 Å². The summed E-state index contributed by atoms with van der Waals surface area (Å²) in [6.45, 7) is 6.91. The second kappa shape index (κ2) is 8.31. The number of nitrogens with zero attached hydrogens (tertiary/aromatic N) is 3. The van der Waals surface area contributed by atoms with Gasteiger partial charge < -0.3 is 14.5 Å². The highest BCUT2D eigenvalue weighted by Crippen LogP contribution is 2.36. The lowest BCUT2D eigenvalue weighted by Crippen LogP contribution is -2.33. The third-order valence-electron chi connectivity index (χ3n) is 4.12. The summed E-state index contributed by atoms with van der Waals surface area (Å²) >= 11 is 6.35. The molecule has 0 bridgehead atoms. The summed E-state index contributed by atoms with van der Waals surface area (Å²) in [4.78, 5) is 30.1. The molecule has 0 aliphatic carbocycles. The lowest BCUT2D eigenvalue weighted by Gasteiger charge is -2.24. The average Bonchev–Trinajstić information content (AvgIpc) is 2.99. The highest BCUT2D eigenvalue weighted by Gasteiger charge is 2.31. The number of ether oxygens (including phenoxy) is 1. The lowest BCUT2D eigenvalue weighted by atomic mass is 10.1. The van der Waals surface area contributed by atoms with Gasteiger partial charge in [0.2, 0.25) is 5.91 Å². The van der Waals surface area contributed by atoms with Crippen molar-refractivity contribution in [2.24, 2.45) is 0 Å². The minimum atomic E-state index is -0.567. The van der Waals surface area contributed by atoms with E-state index in [0.29, 0.717) is 24.7 Å². The van der Waals surface area contributed by atoms with Crippen molar-refractivity contribution in [2.45, 2.75) is 39.5 Å². The molecule has 0 atom stereocenters. The molecule has 1 aliphatic rings. The number of carbonyl (C=O) groups excluding carboxylic acids is 2. The zero-order valence-corrected chi connectivity index (χ0v) is 17.6. The fraction of sp³-hybridized carbons (Fsp3) is 0.500. The van der Waals surface area contributed by atoms with Crippen LogP contribution in [0.15, 0.2) is 24.3 Å². The van der Waals surface area contributed by atoms with Crippen molar-refractivity contribution in [2.75, 3.05) is 32.6 Å². The molecule has 0 saturated carbocycles. The van der Waals surface area contributed by atoms with Gasteiger partial charge in [-0.2, -0.15) is 0 Å². The minimum absolute atomic E-state index is 0.128. The molecule has 2 amide bonds. The second-order valence-electron chi connectivity index (χ2n) is 7.92. The summed E-state index contributed by atoms with van der Waals surface area (Å²) in [6.07, 6.45) is 2.99. The van der Waals surface area contributed by atoms with Crippen molar-refractivity contribution < 1.29 is 14.3 Å². The van der Waals surface area contributed by atoms with Crippen LogP contribution in [0.3, 0.4) is 0 Å². The number of hydrogen-bond acceptors (Lipinski definition) is 4. The zero-order valence-electron chi connectivity index (χ0n) is 16.9. The standard InChI is InChI=1S/C20H28ClN3O3/c1-20(2,3)27-19(26)24-12-14-15(13-24)17(10-9-16(14)21)23(6)18(25)8-7-11-22(4)5/h7-10H,11-13H2,1-6H3/b8-7+. The Balaban J connectivity index is 2.22. The van der Waals surface area contributed by atoms with E-state index < -0.39 is 5.60 Å². The topological polar surface area (TPSA) is 53.1 Å². The first kappa shape index (κ1) is 21.3. The van der Waals surface area contributed by atoms with Crippen LogP contribution in [0.4, 0.5) is 10.5 Å². The van der Waals surface area contributed by atoms with Gasteiger partial charge in [0.25, 0.3) is 0 Å². The average molecular weight is 394 g/mol. The Labute approximate surface area is 166 Å². The van der Waals surface area contributed by atoms with Crippen LogP contribution in [0.1, 0.15) is 31.9 Å². The van der Waals surface area contributed by atoms with Crippen molar-refractivity contribution in [1.82, 2.24) is 9.80 Å². The van der Waals surface area contributed by atoms with Crippen LogP contribution in [-0.4, -0.2) is 55.1 Å². The molecule has 0 spiro atoms. The summed E-state index contributed by atoms with van der Waals surface area (Å²) < 4.78 is 5.46. The van der Waals surface area contributed by atoms with E-state index in [9.17, 15) is 9.59 Å². The summed E-state index contributed by atoms with van der Waals surface area (Å²) in [7, 11) is 5.60. The van der Waals surface area contributed by atoms with Crippen molar-refractivity contribution in [3.63, 3.8) is 0 Å². The van der Waals surface area contributed by atoms with E-state index in [2.05, 4.69) is 0 Å². The van der Waals surface area contributed by atoms with Gasteiger partial charge in [0.05, 0.1) is 13.1 Å². The van der Waals surface area contributed by atoms with E-state index in [1.807, 2.05) is 51.9 Å². The summed E-state index contributed by atoms with van der Waals surface area (Å²) in [6, 6.07) is 3.58. The summed E-state index contributed by atoms with van der Waals surface area (Å²) in [5.74, 6) is -0.128. The Hall–Kier alpha value is -2.05. The van der Waals surface area contributed by atoms with E-state index in [1.165, 1.54) is 0 Å². The van der Waals surface area contributed by atoms with Gasteiger partial charge in [0, 0.05) is 35.9 Å². The largest absolute Gasteiger partial charge is 0.444 e. The molecule has 0 saturated heterocycles. The monoisotopic (exact) mass is 393 g/mol. The van der Waals surface area contributed by atoms with Crippen LogP contribution in [0.2, 0.25) is 5.02 Å². The van der Waals surface area contributed by atoms with Gasteiger partial charge in [-0.25, -0.2) is 4.79 Å². The maximum atomic E-state index is 12.5. The number of amides is 2. The van der Waals surface area contributed by atoms with Crippen molar-refractivity contribution in [3.8, 4) is 0 Å². The second-order valence-corrected chi connectivity index (χ2v) is 8.33. The molecule has 2 rings (SSSR count). The Morgan fingerprint density at radius 2 is 1.81 bits per heavy atom. The number of hydrogen-bond donors (Lipinski definition) is 0. The smallest absolute Gasteiger partial charge is 0.410 e. The van der Waals surface area contributed by atoms with Gasteiger partial charge in [0.15, 0.2) is 0 Å². The van der Waals surface area contributed by atoms with Gasteiger partial charge in [-0.1, -0.05) is 17.7 Å². The van der Waals surface area contributed by atoms with Crippen molar-refractivity contribution >= 4 is 29.3 Å². The molecule has 0 aromatic heterocycles. The molecule has 0 unspecified atom stereocenters. The minimum Gasteiger partial charge on any atom is -0.444 e. The quantitative estimate of drug-likeness (QED) is 0.732. The van der Waals surface area contributed by atoms with E-state index in [1.54, 1.807) is 29.0 Å². The van der Waals surface area contributed by atoms with Crippen LogP contribution < -0.4 is 4.90 Å². The predicted molar refractivity (Wildman–Crippen MR) is 108 cm³/mol. The molecule has 7 heteroatoms. The number of likely N-dealkylation sites (N-methyl/N-ethyl adjacent to an activating group) is 2. The highest BCUT2D eigenvalue weighted by atomic mass is 35.5. The third-order valence-corrected chi connectivity index (χ3v) is 4.48. The van der Waals surface area contributed by atoms with Gasteiger partial charge in [0.1, 0.15) is 5.60 Å². The molecule has 1 heterocycles. The predicted octanol–water partition coefficient (Wildman–Crippen LogP) is 3.67. The maximum absolute atomic E-state index is 12.5. The first-order valence-electron chi connectivity index (χ1n) is 8.86. The van der Waals surface area contributed by atoms with Gasteiger partial charge in [-0.3, -0.25) is 9.69 Å². The van der Waals surface area contributed by atoms with E-state index in [0.717, 1.165) is 16.8 Å². The molecule has 148 valence electrons. The molecule has 1 aromatic rings. The zero-order chi connectivity index (χ0) is 20.4. The maximum Gasteiger partial charge on any atom is 0.410 e. The van der Waals surface area contributed by atoms with Gasteiger partial charge >= 0.3 is 6.09 Å². The molecular weight excluding hydrogens is 366 g/mol. The number of rotatable bonds is 4. The number of halogens is 1. The molecule has 1 aromatic carbocycles. The Bertz CT molecular complexity index is 754. The summed E-state index contributed by atoms with van der Waals surface area (Å²) in [5, 5.41) is 0.587. The van der Waals surface area contributed by atoms with Crippen LogP contribution in [0.25, 0.3) is 0 Å². The number of benzene rings is 1. The fourth-order valence-corrected chi connectivity index (χ4v) is 3.04. The van der Waals surface area contributed by atoms with E-state index in [4.69, 9.17) is 16.3 Å². The molecule has 27 heavy (non-hydrogen) atoms. The Morgan fingerprint density at radius 1 is 1.19 bits per heavy atom. The highest BCUT2D eigenvalue weighted by molar-refractivity contribution is 6.31. The number of fused-ring (bicyclic) bond motifs is 1.